The van der Waals surface area contributed by atoms with Gasteiger partial charge in [-0.05, 0) is 31.0 Å². The summed E-state index contributed by atoms with van der Waals surface area (Å²) in [6, 6.07) is 8.59. The molecule has 0 amide bonds. The average Bonchev–Trinajstić information content (AvgIpc) is 3.59. The Morgan fingerprint density at radius 2 is 1.69 bits per heavy atom. The van der Waals surface area contributed by atoms with Gasteiger partial charge in [0, 0.05) is 55.3 Å². The number of ether oxygens (including phenoxy) is 1. The predicted molar refractivity (Wildman–Crippen MR) is 139 cm³/mol. The van der Waals surface area contributed by atoms with Crippen LogP contribution in [0.2, 0.25) is 0 Å². The predicted octanol–water partition coefficient (Wildman–Crippen LogP) is 6.03. The van der Waals surface area contributed by atoms with Gasteiger partial charge in [-0.25, -0.2) is 4.98 Å². The van der Waals surface area contributed by atoms with Crippen molar-refractivity contribution in [1.29, 1.82) is 0 Å². The molecule has 1 fully saturated rings. The first-order valence-corrected chi connectivity index (χ1v) is 12.8. The van der Waals surface area contributed by atoms with Crippen molar-refractivity contribution in [2.45, 2.75) is 38.1 Å². The number of thiazole rings is 1. The third-order valence-electron chi connectivity index (χ3n) is 6.39. The zero-order valence-electron chi connectivity index (χ0n) is 19.8. The molecular formula is C26H27N7OS. The number of hydrogen-bond acceptors (Lipinski definition) is 7. The van der Waals surface area contributed by atoms with E-state index in [0.29, 0.717) is 11.8 Å². The highest BCUT2D eigenvalue weighted by atomic mass is 32.1. The quantitative estimate of drug-likeness (QED) is 0.316. The second-order valence-electron chi connectivity index (χ2n) is 9.10. The standard InChI is InChI=1S/C26H27N7OS/c1-32-15-17(12-28-32)22-10-21(14-27-25(22)18-13-29-33(2)16-18)34-20-8-9-23-24(11-20)35-26(31-23)30-19-6-4-3-5-7-19/h8-16,19H,3-7H2,1-2H3,(H,30,31). The Hall–Kier alpha value is -3.72. The Morgan fingerprint density at radius 1 is 0.914 bits per heavy atom. The van der Waals surface area contributed by atoms with E-state index in [4.69, 9.17) is 14.7 Å². The van der Waals surface area contributed by atoms with Gasteiger partial charge < -0.3 is 10.1 Å². The third-order valence-corrected chi connectivity index (χ3v) is 7.33. The topological polar surface area (TPSA) is 82.7 Å². The fourth-order valence-electron chi connectivity index (χ4n) is 4.64. The molecule has 5 aromatic rings. The summed E-state index contributed by atoms with van der Waals surface area (Å²) >= 11 is 1.68. The van der Waals surface area contributed by atoms with Crippen LogP contribution in [0.4, 0.5) is 5.13 Å². The van der Waals surface area contributed by atoms with Crippen molar-refractivity contribution in [3.8, 4) is 33.9 Å². The van der Waals surface area contributed by atoms with Crippen molar-refractivity contribution in [3.05, 3.63) is 55.2 Å². The molecular weight excluding hydrogens is 458 g/mol. The Labute approximate surface area is 207 Å². The van der Waals surface area contributed by atoms with Crippen molar-refractivity contribution in [2.24, 2.45) is 14.1 Å². The number of aryl methyl sites for hydroxylation is 2. The minimum absolute atomic E-state index is 0.537. The lowest BCUT2D eigenvalue weighted by atomic mass is 9.96. The van der Waals surface area contributed by atoms with Crippen molar-refractivity contribution < 1.29 is 4.74 Å². The molecule has 1 aromatic carbocycles. The van der Waals surface area contributed by atoms with Crippen molar-refractivity contribution in [2.75, 3.05) is 5.32 Å². The van der Waals surface area contributed by atoms with Crippen LogP contribution in [-0.4, -0.2) is 35.6 Å². The van der Waals surface area contributed by atoms with E-state index in [1.165, 1.54) is 32.1 Å². The highest BCUT2D eigenvalue weighted by molar-refractivity contribution is 7.22. The highest BCUT2D eigenvalue weighted by Gasteiger charge is 2.16. The molecule has 0 saturated heterocycles. The molecule has 0 unspecified atom stereocenters. The second-order valence-corrected chi connectivity index (χ2v) is 10.1. The zero-order chi connectivity index (χ0) is 23.8. The van der Waals surface area contributed by atoms with Crippen LogP contribution in [-0.2, 0) is 14.1 Å². The number of fused-ring (bicyclic) bond motifs is 1. The lowest BCUT2D eigenvalue weighted by molar-refractivity contribution is 0.462. The van der Waals surface area contributed by atoms with Crippen molar-refractivity contribution in [1.82, 2.24) is 29.5 Å². The number of nitrogens with zero attached hydrogens (tertiary/aromatic N) is 6. The molecule has 1 aliphatic rings. The van der Waals surface area contributed by atoms with Gasteiger partial charge in [0.05, 0.1) is 34.5 Å². The van der Waals surface area contributed by atoms with Gasteiger partial charge in [-0.3, -0.25) is 14.3 Å². The summed E-state index contributed by atoms with van der Waals surface area (Å²) in [6.45, 7) is 0. The maximum atomic E-state index is 6.26. The maximum absolute atomic E-state index is 6.26. The smallest absolute Gasteiger partial charge is 0.184 e. The first kappa shape index (κ1) is 21.8. The molecule has 6 rings (SSSR count). The zero-order valence-corrected chi connectivity index (χ0v) is 20.6. The van der Waals surface area contributed by atoms with E-state index in [-0.39, 0.29) is 0 Å². The highest BCUT2D eigenvalue weighted by Crippen LogP contribution is 2.36. The Morgan fingerprint density at radius 3 is 2.43 bits per heavy atom. The van der Waals surface area contributed by atoms with Gasteiger partial charge in [0.25, 0.3) is 0 Å². The van der Waals surface area contributed by atoms with Gasteiger partial charge in [0.1, 0.15) is 11.5 Å². The number of nitrogens with one attached hydrogen (secondary N) is 1. The molecule has 4 aromatic heterocycles. The van der Waals surface area contributed by atoms with Crippen molar-refractivity contribution in [3.63, 3.8) is 0 Å². The summed E-state index contributed by atoms with van der Waals surface area (Å²) in [5, 5.41) is 13.3. The first-order chi connectivity index (χ1) is 17.1. The Bertz CT molecular complexity index is 1480. The van der Waals surface area contributed by atoms with Crippen LogP contribution in [0, 0.1) is 0 Å². The van der Waals surface area contributed by atoms with Crippen LogP contribution >= 0.6 is 11.3 Å². The molecule has 8 nitrogen and oxygen atoms in total. The number of anilines is 1. The van der Waals surface area contributed by atoms with Crippen LogP contribution in [0.1, 0.15) is 32.1 Å². The normalized spacial score (nSPS) is 14.5. The summed E-state index contributed by atoms with van der Waals surface area (Å²) < 4.78 is 10.9. The van der Waals surface area contributed by atoms with E-state index in [1.54, 1.807) is 26.9 Å². The molecule has 0 radical (unpaired) electrons. The number of benzene rings is 1. The van der Waals surface area contributed by atoms with E-state index in [0.717, 1.165) is 43.5 Å². The van der Waals surface area contributed by atoms with Gasteiger partial charge in [-0.15, -0.1) is 0 Å². The van der Waals surface area contributed by atoms with Crippen LogP contribution in [0.25, 0.3) is 32.6 Å². The number of hydrogen-bond donors (Lipinski definition) is 1. The fraction of sp³-hybridized carbons (Fsp3) is 0.308. The monoisotopic (exact) mass is 485 g/mol. The summed E-state index contributed by atoms with van der Waals surface area (Å²) in [4.78, 5) is 9.52. The second kappa shape index (κ2) is 9.14. The molecule has 0 aliphatic heterocycles. The largest absolute Gasteiger partial charge is 0.456 e. The Balaban J connectivity index is 1.28. The van der Waals surface area contributed by atoms with Gasteiger partial charge >= 0.3 is 0 Å². The van der Waals surface area contributed by atoms with E-state index >= 15 is 0 Å². The summed E-state index contributed by atoms with van der Waals surface area (Å²) in [6.07, 6.45) is 15.8. The molecule has 0 atom stereocenters. The van der Waals surface area contributed by atoms with Gasteiger partial charge in [0.15, 0.2) is 5.13 Å². The van der Waals surface area contributed by atoms with Gasteiger partial charge in [-0.2, -0.15) is 10.2 Å². The molecule has 178 valence electrons. The summed E-state index contributed by atoms with van der Waals surface area (Å²) in [5.74, 6) is 1.43. The van der Waals surface area contributed by atoms with Gasteiger partial charge in [-0.1, -0.05) is 30.6 Å². The van der Waals surface area contributed by atoms with E-state index in [1.807, 2.05) is 57.1 Å². The van der Waals surface area contributed by atoms with Crippen molar-refractivity contribution >= 4 is 26.7 Å². The third kappa shape index (κ3) is 4.64. The molecule has 0 bridgehead atoms. The minimum atomic E-state index is 0.537. The van der Waals surface area contributed by atoms with Crippen LogP contribution < -0.4 is 10.1 Å². The Kier molecular flexibility index (Phi) is 5.69. The molecule has 1 saturated carbocycles. The summed E-state index contributed by atoms with van der Waals surface area (Å²) in [7, 11) is 3.80. The molecule has 35 heavy (non-hydrogen) atoms. The molecule has 1 aliphatic carbocycles. The molecule has 0 spiro atoms. The average molecular weight is 486 g/mol. The lowest BCUT2D eigenvalue weighted by Crippen LogP contribution is -2.21. The lowest BCUT2D eigenvalue weighted by Gasteiger charge is -2.22. The maximum Gasteiger partial charge on any atom is 0.184 e. The van der Waals surface area contributed by atoms with Crippen LogP contribution in [0.15, 0.2) is 55.2 Å². The van der Waals surface area contributed by atoms with Gasteiger partial charge in [0.2, 0.25) is 0 Å². The SMILES string of the molecule is Cn1cc(-c2cc(Oc3ccc4nc(NC5CCCCC5)sc4c3)cnc2-c2cnn(C)c2)cn1. The van der Waals surface area contributed by atoms with Crippen LogP contribution in [0.3, 0.4) is 0 Å². The molecule has 4 heterocycles. The van der Waals surface area contributed by atoms with E-state index in [2.05, 4.69) is 21.6 Å². The number of aromatic nitrogens is 6. The fourth-order valence-corrected chi connectivity index (χ4v) is 5.61. The minimum Gasteiger partial charge on any atom is -0.456 e. The van der Waals surface area contributed by atoms with E-state index < -0.39 is 0 Å². The first-order valence-electron chi connectivity index (χ1n) is 11.9. The number of pyridine rings is 1. The van der Waals surface area contributed by atoms with E-state index in [9.17, 15) is 0 Å². The number of rotatable bonds is 6. The van der Waals surface area contributed by atoms with Crippen LogP contribution in [0.5, 0.6) is 11.5 Å². The molecule has 9 heteroatoms. The molecule has 1 N–H and O–H groups in total. The summed E-state index contributed by atoms with van der Waals surface area (Å²) in [5.41, 5.74) is 4.70.